The van der Waals surface area contributed by atoms with Crippen molar-refractivity contribution in [2.24, 2.45) is 0 Å². The number of benzene rings is 3. The van der Waals surface area contributed by atoms with Crippen molar-refractivity contribution in [2.75, 3.05) is 5.32 Å². The van der Waals surface area contributed by atoms with Crippen LogP contribution in [0.5, 0.6) is 0 Å². The fraction of sp³-hybridized carbons (Fsp3) is 0.125. The van der Waals surface area contributed by atoms with E-state index in [9.17, 15) is 17.6 Å². The van der Waals surface area contributed by atoms with E-state index < -0.39 is 21.6 Å². The Morgan fingerprint density at radius 1 is 0.968 bits per heavy atom. The zero-order valence-corrected chi connectivity index (χ0v) is 17.7. The quantitative estimate of drug-likeness (QED) is 0.476. The Morgan fingerprint density at radius 3 is 2.42 bits per heavy atom. The zero-order chi connectivity index (χ0) is 22.0. The number of anilines is 1. The number of hydrogen-bond donors (Lipinski definition) is 1. The summed E-state index contributed by atoms with van der Waals surface area (Å²) in [6.45, 7) is 1.73. The van der Waals surface area contributed by atoms with Crippen LogP contribution in [0.15, 0.2) is 83.9 Å². The van der Waals surface area contributed by atoms with Crippen molar-refractivity contribution in [1.82, 2.24) is 4.57 Å². The van der Waals surface area contributed by atoms with Gasteiger partial charge in [0.05, 0.1) is 16.3 Å². The van der Waals surface area contributed by atoms with Gasteiger partial charge in [0, 0.05) is 17.1 Å². The molecule has 0 saturated carbocycles. The second kappa shape index (κ2) is 8.35. The van der Waals surface area contributed by atoms with Crippen LogP contribution in [0.3, 0.4) is 0 Å². The van der Waals surface area contributed by atoms with E-state index in [4.69, 9.17) is 0 Å². The molecule has 1 aromatic heterocycles. The summed E-state index contributed by atoms with van der Waals surface area (Å²) >= 11 is 0. The van der Waals surface area contributed by atoms with Gasteiger partial charge in [-0.1, -0.05) is 54.6 Å². The van der Waals surface area contributed by atoms with Crippen LogP contribution in [-0.2, 0) is 26.9 Å². The van der Waals surface area contributed by atoms with Gasteiger partial charge >= 0.3 is 0 Å². The number of carbonyl (C=O) groups is 1. The molecular weight excluding hydrogens is 415 g/mol. The molecule has 0 radical (unpaired) electrons. The predicted octanol–water partition coefficient (Wildman–Crippen LogP) is 4.70. The summed E-state index contributed by atoms with van der Waals surface area (Å²) in [7, 11) is -3.66. The van der Waals surface area contributed by atoms with E-state index in [1.165, 1.54) is 24.4 Å². The Balaban J connectivity index is 1.67. The Bertz CT molecular complexity index is 1380. The van der Waals surface area contributed by atoms with E-state index in [-0.39, 0.29) is 22.9 Å². The molecule has 1 amide bonds. The van der Waals surface area contributed by atoms with Crippen molar-refractivity contribution in [2.45, 2.75) is 24.1 Å². The van der Waals surface area contributed by atoms with Gasteiger partial charge in [0.25, 0.3) is 0 Å². The summed E-state index contributed by atoms with van der Waals surface area (Å²) < 4.78 is 41.9. The van der Waals surface area contributed by atoms with Crippen molar-refractivity contribution in [3.8, 4) is 0 Å². The maximum absolute atomic E-state index is 13.8. The third kappa shape index (κ3) is 4.36. The number of para-hydroxylation sites is 2. The molecule has 3 aromatic carbocycles. The Morgan fingerprint density at radius 2 is 1.65 bits per heavy atom. The fourth-order valence-corrected chi connectivity index (χ4v) is 5.24. The number of rotatable bonds is 6. The third-order valence-corrected chi connectivity index (χ3v) is 6.84. The summed E-state index contributed by atoms with van der Waals surface area (Å²) in [5.74, 6) is -1.11. The largest absolute Gasteiger partial charge is 0.337 e. The molecule has 0 aliphatic heterocycles. The molecule has 0 spiro atoms. The molecule has 0 saturated heterocycles. The van der Waals surface area contributed by atoms with Gasteiger partial charge in [-0.3, -0.25) is 4.79 Å². The first-order chi connectivity index (χ1) is 14.8. The number of aryl methyl sites for hydroxylation is 1. The number of amides is 1. The van der Waals surface area contributed by atoms with Gasteiger partial charge in [0.1, 0.15) is 12.4 Å². The molecule has 5 nitrogen and oxygen atoms in total. The molecule has 1 heterocycles. The molecule has 0 unspecified atom stereocenters. The van der Waals surface area contributed by atoms with Gasteiger partial charge in [-0.05, 0) is 36.2 Å². The molecule has 0 atom stereocenters. The fourth-order valence-electron chi connectivity index (χ4n) is 3.55. The van der Waals surface area contributed by atoms with Gasteiger partial charge in [-0.2, -0.15) is 0 Å². The van der Waals surface area contributed by atoms with Crippen LogP contribution >= 0.6 is 0 Å². The van der Waals surface area contributed by atoms with E-state index in [0.29, 0.717) is 10.9 Å². The lowest BCUT2D eigenvalue weighted by atomic mass is 10.1. The maximum Gasteiger partial charge on any atom is 0.244 e. The number of hydrogen-bond acceptors (Lipinski definition) is 3. The molecule has 4 aromatic rings. The molecule has 0 fully saturated rings. The van der Waals surface area contributed by atoms with Gasteiger partial charge < -0.3 is 9.88 Å². The summed E-state index contributed by atoms with van der Waals surface area (Å²) in [4.78, 5) is 12.7. The molecular formula is C24H21FN2O3S. The Labute approximate surface area is 180 Å². The smallest absolute Gasteiger partial charge is 0.244 e. The van der Waals surface area contributed by atoms with Crippen LogP contribution in [0.25, 0.3) is 10.9 Å². The van der Waals surface area contributed by atoms with Crippen LogP contribution in [0, 0.1) is 12.7 Å². The summed E-state index contributed by atoms with van der Waals surface area (Å²) in [6, 6.07) is 20.3. The number of sulfone groups is 1. The van der Waals surface area contributed by atoms with Crippen LogP contribution in [-0.4, -0.2) is 18.9 Å². The van der Waals surface area contributed by atoms with Crippen molar-refractivity contribution < 1.29 is 17.6 Å². The number of nitrogens with zero attached hydrogens (tertiary/aromatic N) is 1. The minimum Gasteiger partial charge on any atom is -0.337 e. The Hall–Kier alpha value is -3.45. The van der Waals surface area contributed by atoms with Crippen LogP contribution < -0.4 is 5.32 Å². The maximum atomic E-state index is 13.8. The third-order valence-electron chi connectivity index (χ3n) is 5.16. The number of nitrogens with one attached hydrogen (secondary N) is 1. The van der Waals surface area contributed by atoms with Crippen molar-refractivity contribution in [3.05, 3.63) is 95.9 Å². The molecule has 1 N–H and O–H groups in total. The first-order valence-corrected chi connectivity index (χ1v) is 11.4. The standard InChI is InChI=1S/C24H21FN2O3S/c1-17-8-2-3-9-18(17)16-31(29,30)23-14-27(22-13-7-4-10-19(22)23)15-24(28)26-21-12-6-5-11-20(21)25/h2-14H,15-16H2,1H3,(H,26,28). The van der Waals surface area contributed by atoms with Gasteiger partial charge in [0.2, 0.25) is 5.91 Å². The number of carbonyl (C=O) groups excluding carboxylic acids is 1. The minimum absolute atomic E-state index is 0.0800. The molecule has 158 valence electrons. The molecule has 4 rings (SSSR count). The highest BCUT2D eigenvalue weighted by atomic mass is 32.2. The topological polar surface area (TPSA) is 68.2 Å². The average Bonchev–Trinajstić information content (AvgIpc) is 3.11. The zero-order valence-electron chi connectivity index (χ0n) is 16.9. The van der Waals surface area contributed by atoms with Gasteiger partial charge in [-0.15, -0.1) is 0 Å². The lowest BCUT2D eigenvalue weighted by Gasteiger charge is -2.08. The predicted molar refractivity (Wildman–Crippen MR) is 119 cm³/mol. The van der Waals surface area contributed by atoms with Crippen molar-refractivity contribution >= 4 is 32.3 Å². The minimum atomic E-state index is -3.66. The molecule has 31 heavy (non-hydrogen) atoms. The average molecular weight is 437 g/mol. The molecule has 0 bridgehead atoms. The highest BCUT2D eigenvalue weighted by molar-refractivity contribution is 7.90. The monoisotopic (exact) mass is 436 g/mol. The first-order valence-electron chi connectivity index (χ1n) is 9.75. The number of halogens is 1. The SMILES string of the molecule is Cc1ccccc1CS(=O)(=O)c1cn(CC(=O)Nc2ccccc2F)c2ccccc12. The van der Waals surface area contributed by atoms with Gasteiger partial charge in [0.15, 0.2) is 9.84 Å². The molecule has 0 aliphatic rings. The van der Waals surface area contributed by atoms with E-state index >= 15 is 0 Å². The van der Waals surface area contributed by atoms with E-state index in [1.54, 1.807) is 41.0 Å². The highest BCUT2D eigenvalue weighted by Gasteiger charge is 2.23. The summed E-state index contributed by atoms with van der Waals surface area (Å²) in [6.07, 6.45) is 1.49. The summed E-state index contributed by atoms with van der Waals surface area (Å²) in [5, 5.41) is 3.09. The van der Waals surface area contributed by atoms with Crippen LogP contribution in [0.1, 0.15) is 11.1 Å². The van der Waals surface area contributed by atoms with E-state index in [0.717, 1.165) is 11.1 Å². The van der Waals surface area contributed by atoms with Crippen molar-refractivity contribution in [1.29, 1.82) is 0 Å². The van der Waals surface area contributed by atoms with Crippen LogP contribution in [0.4, 0.5) is 10.1 Å². The van der Waals surface area contributed by atoms with E-state index in [2.05, 4.69) is 5.32 Å². The number of fused-ring (bicyclic) bond motifs is 1. The molecule has 7 heteroatoms. The summed E-state index contributed by atoms with van der Waals surface area (Å²) in [5.41, 5.74) is 2.33. The lowest BCUT2D eigenvalue weighted by Crippen LogP contribution is -2.19. The van der Waals surface area contributed by atoms with Crippen molar-refractivity contribution in [3.63, 3.8) is 0 Å². The van der Waals surface area contributed by atoms with Crippen LogP contribution in [0.2, 0.25) is 0 Å². The second-order valence-electron chi connectivity index (χ2n) is 7.35. The Kier molecular flexibility index (Phi) is 5.61. The highest BCUT2D eigenvalue weighted by Crippen LogP contribution is 2.28. The normalized spacial score (nSPS) is 11.5. The molecule has 0 aliphatic carbocycles. The van der Waals surface area contributed by atoms with Gasteiger partial charge in [-0.25, -0.2) is 12.8 Å². The second-order valence-corrected chi connectivity index (χ2v) is 9.31. The lowest BCUT2D eigenvalue weighted by molar-refractivity contribution is -0.116. The first kappa shape index (κ1) is 20.8. The number of aromatic nitrogens is 1. The van der Waals surface area contributed by atoms with E-state index in [1.807, 2.05) is 25.1 Å².